The van der Waals surface area contributed by atoms with E-state index in [1.807, 2.05) is 12.5 Å². The van der Waals surface area contributed by atoms with Gasteiger partial charge in [-0.15, -0.1) is 0 Å². The Morgan fingerprint density at radius 2 is 1.50 bits per heavy atom. The van der Waals surface area contributed by atoms with Crippen LogP contribution in [0.4, 0.5) is 0 Å². The van der Waals surface area contributed by atoms with Crippen LogP contribution in [0.2, 0.25) is 0 Å². The quantitative estimate of drug-likeness (QED) is 0.322. The molecule has 0 heterocycles. The molecule has 0 radical (unpaired) electrons. The number of rotatable bonds is 0. The second-order valence-corrected chi connectivity index (χ2v) is 1.22. The molecule has 0 fully saturated rings. The van der Waals surface area contributed by atoms with Crippen LogP contribution in [0, 0.1) is 0 Å². The van der Waals surface area contributed by atoms with E-state index in [0.717, 1.165) is 0 Å². The molecule has 0 unspecified atom stereocenters. The average molecular weight is 102 g/mol. The summed E-state index contributed by atoms with van der Waals surface area (Å²) in [5.41, 5.74) is 0. The van der Waals surface area contributed by atoms with Crippen molar-refractivity contribution in [3.63, 3.8) is 0 Å². The first-order chi connectivity index (χ1) is 1.41. The Balaban J connectivity index is -0.0000000200. The van der Waals surface area contributed by atoms with Crippen LogP contribution >= 0.6 is 11.8 Å². The Labute approximate surface area is 75.6 Å². The van der Waals surface area contributed by atoms with Gasteiger partial charge in [0.2, 0.25) is 0 Å². The molecule has 0 saturated heterocycles. The first kappa shape index (κ1) is 9.37. The fraction of sp³-hybridized carbons (Fsp3) is 1.00. The summed E-state index contributed by atoms with van der Waals surface area (Å²) in [5, 5.41) is 0. The van der Waals surface area contributed by atoms with Gasteiger partial charge in [0.15, 0.2) is 0 Å². The van der Waals surface area contributed by atoms with E-state index in [4.69, 9.17) is 0 Å². The molecule has 0 spiro atoms. The van der Waals surface area contributed by atoms with Crippen LogP contribution in [-0.4, -0.2) is 12.5 Å². The predicted octanol–water partition coefficient (Wildman–Crippen LogP) is -1.90. The summed E-state index contributed by atoms with van der Waals surface area (Å²) >= 11 is 1.75. The molecule has 0 saturated carbocycles. The summed E-state index contributed by atoms with van der Waals surface area (Å²) in [7, 11) is 0. The topological polar surface area (TPSA) is 0 Å². The molecule has 2 heteroatoms. The maximum Gasteiger partial charge on any atom is 1.00 e. The zero-order valence-corrected chi connectivity index (χ0v) is 7.35. The van der Waals surface area contributed by atoms with Crippen LogP contribution in [0.15, 0.2) is 0 Å². The Kier molecular flexibility index (Phi) is 20.8. The SMILES string of the molecule is CSC.[H-].[K+]. The van der Waals surface area contributed by atoms with Crippen molar-refractivity contribution < 1.29 is 52.8 Å². The molecule has 0 aromatic heterocycles. The van der Waals surface area contributed by atoms with Crippen LogP contribution in [0.3, 0.4) is 0 Å². The number of hydrogen-bond acceptors (Lipinski definition) is 1. The summed E-state index contributed by atoms with van der Waals surface area (Å²) < 4.78 is 0. The van der Waals surface area contributed by atoms with E-state index in [0.29, 0.717) is 0 Å². The summed E-state index contributed by atoms with van der Waals surface area (Å²) in [6.07, 6.45) is 4.08. The molecule has 0 aliphatic carbocycles. The van der Waals surface area contributed by atoms with Crippen LogP contribution in [-0.2, 0) is 0 Å². The van der Waals surface area contributed by atoms with Gasteiger partial charge in [-0.05, 0) is 12.5 Å². The van der Waals surface area contributed by atoms with Crippen molar-refractivity contribution in [2.75, 3.05) is 12.5 Å². The largest absolute Gasteiger partial charge is 1.00 e. The Bertz CT molecular complexity index is 9.61. The monoisotopic (exact) mass is 102 g/mol. The van der Waals surface area contributed by atoms with Gasteiger partial charge in [-0.3, -0.25) is 0 Å². The minimum absolute atomic E-state index is 0. The minimum Gasteiger partial charge on any atom is -1.00 e. The van der Waals surface area contributed by atoms with Crippen LogP contribution < -0.4 is 51.4 Å². The zero-order valence-electron chi connectivity index (χ0n) is 4.41. The molecule has 4 heavy (non-hydrogen) atoms. The van der Waals surface area contributed by atoms with Gasteiger partial charge in [-0.25, -0.2) is 0 Å². The van der Waals surface area contributed by atoms with Gasteiger partial charge in [-0.1, -0.05) is 0 Å². The normalized spacial score (nSPS) is 4.50. The first-order valence-electron chi connectivity index (χ1n) is 0.816. The van der Waals surface area contributed by atoms with Gasteiger partial charge >= 0.3 is 51.4 Å². The second-order valence-electron chi connectivity index (χ2n) is 0.408. The molecule has 0 aliphatic rings. The molecule has 0 rings (SSSR count). The van der Waals surface area contributed by atoms with E-state index in [-0.39, 0.29) is 52.8 Å². The smallest absolute Gasteiger partial charge is 1.00 e. The Morgan fingerprint density at radius 1 is 1.50 bits per heavy atom. The average Bonchev–Trinajstić information content (AvgIpc) is 0.918. The van der Waals surface area contributed by atoms with E-state index in [2.05, 4.69) is 0 Å². The minimum atomic E-state index is 0. The van der Waals surface area contributed by atoms with E-state index in [1.165, 1.54) is 0 Å². The Hall–Kier alpha value is 1.99. The van der Waals surface area contributed by atoms with Crippen molar-refractivity contribution in [2.45, 2.75) is 0 Å². The molecular formula is C2H7KS. The van der Waals surface area contributed by atoms with Crippen molar-refractivity contribution in [3.8, 4) is 0 Å². The third-order valence-corrected chi connectivity index (χ3v) is 0. The molecule has 0 aliphatic heterocycles. The fourth-order valence-corrected chi connectivity index (χ4v) is 0. The van der Waals surface area contributed by atoms with E-state index >= 15 is 0 Å². The number of thioether (sulfide) groups is 1. The van der Waals surface area contributed by atoms with Gasteiger partial charge in [-0.2, -0.15) is 11.8 Å². The summed E-state index contributed by atoms with van der Waals surface area (Å²) in [6.45, 7) is 0. The summed E-state index contributed by atoms with van der Waals surface area (Å²) in [6, 6.07) is 0. The number of hydrogen-bond donors (Lipinski definition) is 0. The van der Waals surface area contributed by atoms with E-state index < -0.39 is 0 Å². The summed E-state index contributed by atoms with van der Waals surface area (Å²) in [4.78, 5) is 0. The summed E-state index contributed by atoms with van der Waals surface area (Å²) in [5.74, 6) is 0. The third-order valence-electron chi connectivity index (χ3n) is 0. The maximum atomic E-state index is 2.04. The molecule has 0 bridgehead atoms. The molecule has 0 atom stereocenters. The molecule has 0 aromatic carbocycles. The van der Waals surface area contributed by atoms with E-state index in [9.17, 15) is 0 Å². The van der Waals surface area contributed by atoms with Gasteiger partial charge in [0.1, 0.15) is 0 Å². The fourth-order valence-electron chi connectivity index (χ4n) is 0. The molecular weight excluding hydrogens is 95.2 g/mol. The third kappa shape index (κ3) is 9.01. The predicted molar refractivity (Wildman–Crippen MR) is 20.6 cm³/mol. The molecule has 22 valence electrons. The van der Waals surface area contributed by atoms with Gasteiger partial charge in [0.05, 0.1) is 0 Å². The van der Waals surface area contributed by atoms with Gasteiger partial charge in [0, 0.05) is 0 Å². The second kappa shape index (κ2) is 8.88. The van der Waals surface area contributed by atoms with Gasteiger partial charge in [0.25, 0.3) is 0 Å². The van der Waals surface area contributed by atoms with Crippen molar-refractivity contribution in [1.82, 2.24) is 0 Å². The van der Waals surface area contributed by atoms with Crippen LogP contribution in [0.25, 0.3) is 0 Å². The molecule has 0 nitrogen and oxygen atoms in total. The standard InChI is InChI=1S/C2H6S.K.H/c1-3-2;;/h1-2H3;;/q;+1;-1. The molecule has 0 aromatic rings. The van der Waals surface area contributed by atoms with Crippen molar-refractivity contribution in [3.05, 3.63) is 0 Å². The van der Waals surface area contributed by atoms with E-state index in [1.54, 1.807) is 11.8 Å². The van der Waals surface area contributed by atoms with Crippen molar-refractivity contribution in [1.29, 1.82) is 0 Å². The molecule has 0 N–H and O–H groups in total. The zero-order chi connectivity index (χ0) is 2.71. The van der Waals surface area contributed by atoms with Crippen LogP contribution in [0.1, 0.15) is 1.43 Å². The van der Waals surface area contributed by atoms with Gasteiger partial charge < -0.3 is 1.43 Å². The first-order valence-corrected chi connectivity index (χ1v) is 2.45. The maximum absolute atomic E-state index is 2.04. The molecule has 0 amide bonds. The van der Waals surface area contributed by atoms with Crippen molar-refractivity contribution in [2.24, 2.45) is 0 Å². The van der Waals surface area contributed by atoms with Crippen molar-refractivity contribution >= 4 is 11.8 Å². The Morgan fingerprint density at radius 3 is 1.50 bits per heavy atom. The van der Waals surface area contributed by atoms with Crippen LogP contribution in [0.5, 0.6) is 0 Å².